The van der Waals surface area contributed by atoms with E-state index in [1.807, 2.05) is 0 Å². The average Bonchev–Trinajstić information content (AvgIpc) is 2.52. The molecule has 0 unspecified atom stereocenters. The molecule has 2 aromatic carbocycles. The first-order valence-electron chi connectivity index (χ1n) is 6.62. The van der Waals surface area contributed by atoms with Gasteiger partial charge in [0.05, 0.1) is 10.6 Å². The molecule has 0 aromatic heterocycles. The number of hydrogen-bond acceptors (Lipinski definition) is 4. The van der Waals surface area contributed by atoms with Crippen LogP contribution in [0, 0.1) is 5.82 Å². The van der Waals surface area contributed by atoms with E-state index in [0.29, 0.717) is 5.75 Å². The van der Waals surface area contributed by atoms with Crippen molar-refractivity contribution in [1.29, 1.82) is 0 Å². The van der Waals surface area contributed by atoms with Gasteiger partial charge in [-0.15, -0.1) is 0 Å². The molecule has 0 spiro atoms. The van der Waals surface area contributed by atoms with Crippen LogP contribution in [0.5, 0.6) is 5.75 Å². The van der Waals surface area contributed by atoms with Crippen molar-refractivity contribution in [2.75, 3.05) is 18.4 Å². The van der Waals surface area contributed by atoms with Gasteiger partial charge >= 0.3 is 0 Å². The highest BCUT2D eigenvalue weighted by molar-refractivity contribution is 7.92. The minimum absolute atomic E-state index is 0.00551. The minimum atomic E-state index is -3.83. The molecule has 122 valence electrons. The van der Waals surface area contributed by atoms with Crippen molar-refractivity contribution in [3.8, 4) is 5.75 Å². The molecule has 2 N–H and O–H groups in total. The van der Waals surface area contributed by atoms with Crippen LogP contribution in [-0.2, 0) is 14.8 Å². The van der Waals surface area contributed by atoms with Crippen LogP contribution >= 0.6 is 0 Å². The number of rotatable bonds is 6. The molecule has 0 aliphatic carbocycles. The van der Waals surface area contributed by atoms with Crippen molar-refractivity contribution in [2.24, 2.45) is 0 Å². The average molecular weight is 338 g/mol. The fourth-order valence-electron chi connectivity index (χ4n) is 1.70. The van der Waals surface area contributed by atoms with Gasteiger partial charge < -0.3 is 10.1 Å². The Morgan fingerprint density at radius 1 is 1.17 bits per heavy atom. The van der Waals surface area contributed by atoms with Crippen LogP contribution in [0.4, 0.5) is 10.1 Å². The third-order valence-electron chi connectivity index (χ3n) is 2.86. The quantitative estimate of drug-likeness (QED) is 0.840. The van der Waals surface area contributed by atoms with E-state index in [9.17, 15) is 17.6 Å². The first-order valence-corrected chi connectivity index (χ1v) is 8.11. The van der Waals surface area contributed by atoms with Crippen LogP contribution in [0.25, 0.3) is 0 Å². The second-order valence-electron chi connectivity index (χ2n) is 4.55. The Balaban J connectivity index is 2.09. The molecule has 0 fully saturated rings. The van der Waals surface area contributed by atoms with Crippen molar-refractivity contribution in [3.63, 3.8) is 0 Å². The summed E-state index contributed by atoms with van der Waals surface area (Å²) in [6.45, 7) is -0.163. The van der Waals surface area contributed by atoms with E-state index in [1.54, 1.807) is 0 Å². The van der Waals surface area contributed by atoms with Gasteiger partial charge in [0.25, 0.3) is 15.9 Å². The molecule has 0 saturated carbocycles. The highest BCUT2D eigenvalue weighted by Gasteiger charge is 2.14. The second kappa shape index (κ2) is 7.10. The predicted octanol–water partition coefficient (Wildman–Crippen LogP) is 1.75. The van der Waals surface area contributed by atoms with E-state index in [4.69, 9.17) is 4.74 Å². The normalized spacial score (nSPS) is 10.9. The smallest absolute Gasteiger partial charge is 0.261 e. The van der Waals surface area contributed by atoms with E-state index in [-0.39, 0.29) is 23.1 Å². The van der Waals surface area contributed by atoms with Gasteiger partial charge in [0.15, 0.2) is 6.61 Å². The zero-order valence-electron chi connectivity index (χ0n) is 12.2. The summed E-state index contributed by atoms with van der Waals surface area (Å²) in [5.41, 5.74) is 0.130. The Labute approximate surface area is 133 Å². The molecule has 0 atom stereocenters. The number of carbonyl (C=O) groups is 1. The fourth-order valence-corrected chi connectivity index (χ4v) is 2.75. The van der Waals surface area contributed by atoms with Gasteiger partial charge in [0.2, 0.25) is 0 Å². The monoisotopic (exact) mass is 338 g/mol. The SMILES string of the molecule is CNC(=O)COc1ccc(S(=O)(=O)Nc2cccc(F)c2)cc1. The topological polar surface area (TPSA) is 84.5 Å². The number of hydrogen-bond donors (Lipinski definition) is 2. The molecule has 2 rings (SSSR count). The maximum Gasteiger partial charge on any atom is 0.261 e. The Morgan fingerprint density at radius 2 is 1.87 bits per heavy atom. The van der Waals surface area contributed by atoms with Crippen LogP contribution in [-0.4, -0.2) is 28.0 Å². The lowest BCUT2D eigenvalue weighted by Gasteiger charge is -2.09. The van der Waals surface area contributed by atoms with Gasteiger partial charge in [-0.2, -0.15) is 0 Å². The standard InChI is InChI=1S/C15H15FN2O4S/c1-17-15(19)10-22-13-5-7-14(8-6-13)23(20,21)18-12-4-2-3-11(16)9-12/h2-9,18H,10H2,1H3,(H,17,19). The number of carbonyl (C=O) groups excluding carboxylic acids is 1. The van der Waals surface area contributed by atoms with Crippen LogP contribution in [0.2, 0.25) is 0 Å². The van der Waals surface area contributed by atoms with Crippen LogP contribution in [0.15, 0.2) is 53.4 Å². The lowest BCUT2D eigenvalue weighted by molar-refractivity contribution is -0.122. The predicted molar refractivity (Wildman–Crippen MR) is 83.2 cm³/mol. The minimum Gasteiger partial charge on any atom is -0.484 e. The number of nitrogens with one attached hydrogen (secondary N) is 2. The third-order valence-corrected chi connectivity index (χ3v) is 4.26. The third kappa shape index (κ3) is 4.68. The molecule has 2 aromatic rings. The number of sulfonamides is 1. The summed E-state index contributed by atoms with van der Waals surface area (Å²) in [7, 11) is -2.35. The number of halogens is 1. The molecule has 6 nitrogen and oxygen atoms in total. The van der Waals surface area contributed by atoms with E-state index in [1.165, 1.54) is 49.5 Å². The Bertz CT molecular complexity index is 791. The molecule has 0 aliphatic heterocycles. The first kappa shape index (κ1) is 16.8. The van der Waals surface area contributed by atoms with Crippen molar-refractivity contribution >= 4 is 21.6 Å². The summed E-state index contributed by atoms with van der Waals surface area (Å²) < 4.78 is 45.0. The Kier molecular flexibility index (Phi) is 5.17. The first-order chi connectivity index (χ1) is 10.9. The molecule has 0 heterocycles. The van der Waals surface area contributed by atoms with E-state index < -0.39 is 15.8 Å². The summed E-state index contributed by atoms with van der Waals surface area (Å²) in [6, 6.07) is 10.7. The summed E-state index contributed by atoms with van der Waals surface area (Å²) in [5.74, 6) is -0.476. The van der Waals surface area contributed by atoms with Gasteiger partial charge in [-0.3, -0.25) is 9.52 Å². The molecule has 1 amide bonds. The van der Waals surface area contributed by atoms with Crippen LogP contribution in [0.3, 0.4) is 0 Å². The summed E-state index contributed by atoms with van der Waals surface area (Å²) >= 11 is 0. The maximum atomic E-state index is 13.1. The van der Waals surface area contributed by atoms with Gasteiger partial charge in [-0.1, -0.05) is 6.07 Å². The number of anilines is 1. The second-order valence-corrected chi connectivity index (χ2v) is 6.23. The maximum absolute atomic E-state index is 13.1. The lowest BCUT2D eigenvalue weighted by Crippen LogP contribution is -2.24. The number of likely N-dealkylation sites (N-methyl/N-ethyl adjacent to an activating group) is 1. The molecule has 0 radical (unpaired) electrons. The molecular weight excluding hydrogens is 323 g/mol. The van der Waals surface area contributed by atoms with Crippen molar-refractivity contribution < 1.29 is 22.3 Å². The highest BCUT2D eigenvalue weighted by Crippen LogP contribution is 2.19. The molecule has 0 bridgehead atoms. The van der Waals surface area contributed by atoms with Gasteiger partial charge in [-0.25, -0.2) is 12.8 Å². The van der Waals surface area contributed by atoms with E-state index >= 15 is 0 Å². The number of ether oxygens (including phenoxy) is 1. The Morgan fingerprint density at radius 3 is 2.48 bits per heavy atom. The molecule has 23 heavy (non-hydrogen) atoms. The van der Waals surface area contributed by atoms with Gasteiger partial charge in [-0.05, 0) is 42.5 Å². The number of benzene rings is 2. The molecule has 0 aliphatic rings. The van der Waals surface area contributed by atoms with Crippen LogP contribution < -0.4 is 14.8 Å². The summed E-state index contributed by atoms with van der Waals surface area (Å²) in [5, 5.41) is 2.40. The van der Waals surface area contributed by atoms with Crippen molar-refractivity contribution in [3.05, 3.63) is 54.3 Å². The van der Waals surface area contributed by atoms with Crippen molar-refractivity contribution in [2.45, 2.75) is 4.90 Å². The summed E-state index contributed by atoms with van der Waals surface area (Å²) in [6.07, 6.45) is 0. The molecular formula is C15H15FN2O4S. The molecule has 0 saturated heterocycles. The van der Waals surface area contributed by atoms with Gasteiger partial charge in [0.1, 0.15) is 11.6 Å². The van der Waals surface area contributed by atoms with Gasteiger partial charge in [0, 0.05) is 7.05 Å². The largest absolute Gasteiger partial charge is 0.484 e. The summed E-state index contributed by atoms with van der Waals surface area (Å²) in [4.78, 5) is 11.1. The van der Waals surface area contributed by atoms with Crippen LogP contribution in [0.1, 0.15) is 0 Å². The number of amides is 1. The highest BCUT2D eigenvalue weighted by atomic mass is 32.2. The van der Waals surface area contributed by atoms with Crippen molar-refractivity contribution in [1.82, 2.24) is 5.32 Å². The van der Waals surface area contributed by atoms with E-state index in [0.717, 1.165) is 6.07 Å². The van der Waals surface area contributed by atoms with E-state index in [2.05, 4.69) is 10.0 Å². The fraction of sp³-hybridized carbons (Fsp3) is 0.133. The Hall–Kier alpha value is -2.61. The zero-order valence-corrected chi connectivity index (χ0v) is 13.1. The lowest BCUT2D eigenvalue weighted by atomic mass is 10.3. The zero-order chi connectivity index (χ0) is 16.9. The molecule has 8 heteroatoms.